The van der Waals surface area contributed by atoms with Crippen molar-refractivity contribution >= 4 is 5.97 Å². The standard InChI is InChI=1S/C18H32O3/c1-2-3-4-5-6-7-8-9-10-11-12-13-14-15-17(19)16-18(20)21/h7-10,17,19H,2-6,11-16H2,1H3,(H,20,21)/b8-7+,10-9+. The molecule has 0 aliphatic carbocycles. The minimum atomic E-state index is -0.924. The zero-order valence-corrected chi connectivity index (χ0v) is 13.5. The number of carboxylic acid groups (broad SMARTS) is 1. The minimum absolute atomic E-state index is 0.136. The predicted octanol–water partition coefficient (Wildman–Crippen LogP) is 4.86. The van der Waals surface area contributed by atoms with E-state index in [0.29, 0.717) is 6.42 Å². The van der Waals surface area contributed by atoms with E-state index in [2.05, 4.69) is 31.2 Å². The average molecular weight is 296 g/mol. The second-order valence-electron chi connectivity index (χ2n) is 5.60. The summed E-state index contributed by atoms with van der Waals surface area (Å²) >= 11 is 0. The molecule has 0 radical (unpaired) electrons. The molecule has 3 nitrogen and oxygen atoms in total. The molecule has 3 heteroatoms. The third kappa shape index (κ3) is 16.9. The van der Waals surface area contributed by atoms with Gasteiger partial charge in [-0.05, 0) is 32.1 Å². The number of carboxylic acids is 1. The number of aliphatic hydroxyl groups excluding tert-OH is 1. The van der Waals surface area contributed by atoms with Gasteiger partial charge in [-0.3, -0.25) is 4.79 Å². The largest absolute Gasteiger partial charge is 0.481 e. The molecule has 0 spiro atoms. The molecule has 0 aromatic heterocycles. The van der Waals surface area contributed by atoms with Crippen LogP contribution in [-0.4, -0.2) is 22.3 Å². The van der Waals surface area contributed by atoms with Crippen LogP contribution < -0.4 is 0 Å². The summed E-state index contributed by atoms with van der Waals surface area (Å²) in [4.78, 5) is 10.4. The molecular weight excluding hydrogens is 264 g/mol. The lowest BCUT2D eigenvalue weighted by Crippen LogP contribution is -2.12. The van der Waals surface area contributed by atoms with Gasteiger partial charge >= 0.3 is 5.97 Å². The monoisotopic (exact) mass is 296 g/mol. The van der Waals surface area contributed by atoms with E-state index in [4.69, 9.17) is 5.11 Å². The molecule has 0 saturated carbocycles. The molecule has 1 atom stereocenters. The van der Waals surface area contributed by atoms with E-state index in [1.807, 2.05) is 0 Å². The van der Waals surface area contributed by atoms with Gasteiger partial charge in [-0.15, -0.1) is 0 Å². The average Bonchev–Trinajstić information content (AvgIpc) is 2.43. The zero-order chi connectivity index (χ0) is 15.8. The summed E-state index contributed by atoms with van der Waals surface area (Å²) in [6, 6.07) is 0. The SMILES string of the molecule is CCCCCC/C=C/C=C/CCCCCC(O)CC(=O)O. The molecule has 0 fully saturated rings. The van der Waals surface area contributed by atoms with Crippen LogP contribution >= 0.6 is 0 Å². The van der Waals surface area contributed by atoms with Crippen molar-refractivity contribution in [1.82, 2.24) is 0 Å². The highest BCUT2D eigenvalue weighted by molar-refractivity contribution is 5.67. The van der Waals surface area contributed by atoms with Gasteiger partial charge in [0.1, 0.15) is 0 Å². The van der Waals surface area contributed by atoms with E-state index in [1.54, 1.807) is 0 Å². The maximum Gasteiger partial charge on any atom is 0.305 e. The lowest BCUT2D eigenvalue weighted by molar-refractivity contribution is -0.139. The Balaban J connectivity index is 3.32. The van der Waals surface area contributed by atoms with Gasteiger partial charge in [-0.1, -0.05) is 63.3 Å². The lowest BCUT2D eigenvalue weighted by Gasteiger charge is -2.06. The van der Waals surface area contributed by atoms with Crippen LogP contribution in [0.2, 0.25) is 0 Å². The van der Waals surface area contributed by atoms with Crippen molar-refractivity contribution in [3.05, 3.63) is 24.3 Å². The summed E-state index contributed by atoms with van der Waals surface area (Å²) in [5, 5.41) is 17.9. The van der Waals surface area contributed by atoms with Crippen molar-refractivity contribution in [3.8, 4) is 0 Å². The number of carbonyl (C=O) groups is 1. The molecule has 0 bridgehead atoms. The topological polar surface area (TPSA) is 57.5 Å². The molecule has 0 saturated heterocycles. The third-order valence-corrected chi connectivity index (χ3v) is 3.43. The van der Waals surface area contributed by atoms with Gasteiger partial charge in [0.15, 0.2) is 0 Å². The quantitative estimate of drug-likeness (QED) is 0.355. The van der Waals surface area contributed by atoms with Crippen molar-refractivity contribution in [2.24, 2.45) is 0 Å². The number of hydrogen-bond donors (Lipinski definition) is 2. The van der Waals surface area contributed by atoms with E-state index in [9.17, 15) is 9.90 Å². The number of aliphatic carboxylic acids is 1. The molecule has 21 heavy (non-hydrogen) atoms. The summed E-state index contributed by atoms with van der Waals surface area (Å²) in [6.07, 6.45) is 18.9. The summed E-state index contributed by atoms with van der Waals surface area (Å²) in [6.45, 7) is 2.23. The third-order valence-electron chi connectivity index (χ3n) is 3.43. The van der Waals surface area contributed by atoms with Crippen molar-refractivity contribution in [3.63, 3.8) is 0 Å². The van der Waals surface area contributed by atoms with Crippen LogP contribution in [0.5, 0.6) is 0 Å². The predicted molar refractivity (Wildman–Crippen MR) is 88.4 cm³/mol. The normalized spacial score (nSPS) is 13.2. The van der Waals surface area contributed by atoms with Crippen LogP contribution in [0.25, 0.3) is 0 Å². The van der Waals surface area contributed by atoms with Gasteiger partial charge in [0.2, 0.25) is 0 Å². The Hall–Kier alpha value is -1.09. The second kappa shape index (κ2) is 15.3. The number of aliphatic hydroxyl groups is 1. The van der Waals surface area contributed by atoms with E-state index in [-0.39, 0.29) is 6.42 Å². The Morgan fingerprint density at radius 1 is 0.952 bits per heavy atom. The van der Waals surface area contributed by atoms with Crippen LogP contribution in [-0.2, 0) is 4.79 Å². The first-order valence-electron chi connectivity index (χ1n) is 8.38. The van der Waals surface area contributed by atoms with Crippen LogP contribution in [0.3, 0.4) is 0 Å². The van der Waals surface area contributed by atoms with E-state index < -0.39 is 12.1 Å². The number of allylic oxidation sites excluding steroid dienone is 4. The van der Waals surface area contributed by atoms with Crippen molar-refractivity contribution in [2.45, 2.75) is 83.7 Å². The Morgan fingerprint density at radius 2 is 1.52 bits per heavy atom. The molecule has 0 heterocycles. The summed E-state index contributed by atoms with van der Waals surface area (Å²) in [5.41, 5.74) is 0. The maximum absolute atomic E-state index is 10.4. The van der Waals surface area contributed by atoms with Crippen molar-refractivity contribution < 1.29 is 15.0 Å². The van der Waals surface area contributed by atoms with E-state index in [1.165, 1.54) is 32.1 Å². The summed E-state index contributed by atoms with van der Waals surface area (Å²) < 4.78 is 0. The van der Waals surface area contributed by atoms with Gasteiger partial charge in [0, 0.05) is 0 Å². The number of hydrogen-bond acceptors (Lipinski definition) is 2. The molecule has 0 rings (SSSR count). The molecule has 2 N–H and O–H groups in total. The van der Waals surface area contributed by atoms with Gasteiger partial charge in [-0.2, -0.15) is 0 Å². The van der Waals surface area contributed by atoms with Crippen LogP contribution in [0.4, 0.5) is 0 Å². The van der Waals surface area contributed by atoms with Crippen molar-refractivity contribution in [2.75, 3.05) is 0 Å². The first-order chi connectivity index (χ1) is 10.2. The Morgan fingerprint density at radius 3 is 2.05 bits per heavy atom. The Bertz CT molecular complexity index is 295. The first kappa shape index (κ1) is 19.9. The summed E-state index contributed by atoms with van der Waals surface area (Å²) in [7, 11) is 0. The molecular formula is C18H32O3. The van der Waals surface area contributed by atoms with Crippen LogP contribution in [0.1, 0.15) is 77.6 Å². The fourth-order valence-corrected chi connectivity index (χ4v) is 2.16. The Labute approximate surface area is 129 Å². The van der Waals surface area contributed by atoms with E-state index in [0.717, 1.165) is 25.7 Å². The molecule has 0 aliphatic rings. The summed E-state index contributed by atoms with van der Waals surface area (Å²) in [5.74, 6) is -0.924. The zero-order valence-electron chi connectivity index (χ0n) is 13.5. The highest BCUT2D eigenvalue weighted by atomic mass is 16.4. The van der Waals surface area contributed by atoms with Crippen LogP contribution in [0.15, 0.2) is 24.3 Å². The fraction of sp³-hybridized carbons (Fsp3) is 0.722. The lowest BCUT2D eigenvalue weighted by atomic mass is 10.1. The highest BCUT2D eigenvalue weighted by Gasteiger charge is 2.08. The van der Waals surface area contributed by atoms with Gasteiger partial charge in [-0.25, -0.2) is 0 Å². The maximum atomic E-state index is 10.4. The first-order valence-corrected chi connectivity index (χ1v) is 8.38. The molecule has 0 aromatic carbocycles. The molecule has 0 aromatic rings. The smallest absolute Gasteiger partial charge is 0.305 e. The number of unbranched alkanes of at least 4 members (excludes halogenated alkanes) is 7. The minimum Gasteiger partial charge on any atom is -0.481 e. The second-order valence-corrected chi connectivity index (χ2v) is 5.60. The van der Waals surface area contributed by atoms with Crippen molar-refractivity contribution in [1.29, 1.82) is 0 Å². The van der Waals surface area contributed by atoms with Gasteiger partial charge in [0.05, 0.1) is 12.5 Å². The van der Waals surface area contributed by atoms with Crippen LogP contribution in [0, 0.1) is 0 Å². The Kier molecular flexibility index (Phi) is 14.5. The van der Waals surface area contributed by atoms with E-state index >= 15 is 0 Å². The van der Waals surface area contributed by atoms with Gasteiger partial charge in [0.25, 0.3) is 0 Å². The number of rotatable bonds is 14. The molecule has 122 valence electrons. The molecule has 0 aliphatic heterocycles. The van der Waals surface area contributed by atoms with Gasteiger partial charge < -0.3 is 10.2 Å². The highest BCUT2D eigenvalue weighted by Crippen LogP contribution is 2.08. The fourth-order valence-electron chi connectivity index (χ4n) is 2.16. The molecule has 1 unspecified atom stereocenters. The molecule has 0 amide bonds.